The van der Waals surface area contributed by atoms with E-state index in [9.17, 15) is 19.8 Å². The van der Waals surface area contributed by atoms with Gasteiger partial charge in [0, 0.05) is 17.8 Å². The lowest BCUT2D eigenvalue weighted by molar-refractivity contribution is -0.191. The molecule has 0 amide bonds. The third-order valence-electron chi connectivity index (χ3n) is 9.77. The molecule has 0 heterocycles. The van der Waals surface area contributed by atoms with Crippen LogP contribution in [0.5, 0.6) is 0 Å². The normalized spacial score (nSPS) is 54.8. The second-order valence-corrected chi connectivity index (χ2v) is 11.2. The maximum atomic E-state index is 13.6. The molecule has 0 aromatic heterocycles. The zero-order valence-electron chi connectivity index (χ0n) is 16.8. The molecular weight excluding hydrogens is 408 g/mol. The number of fused-ring (bicyclic) bond motifs is 5. The van der Waals surface area contributed by atoms with E-state index in [0.29, 0.717) is 12.8 Å². The van der Waals surface area contributed by atoms with Crippen molar-refractivity contribution in [2.24, 2.45) is 34.0 Å². The molecule has 0 saturated heterocycles. The Bertz CT molecular complexity index is 679. The molecule has 27 heavy (non-hydrogen) atoms. The van der Waals surface area contributed by atoms with E-state index in [2.05, 4.69) is 29.8 Å². The van der Waals surface area contributed by atoms with Gasteiger partial charge in [-0.1, -0.05) is 36.7 Å². The topological polar surface area (TPSA) is 74.6 Å². The van der Waals surface area contributed by atoms with Gasteiger partial charge < -0.3 is 10.2 Å². The zero-order chi connectivity index (χ0) is 19.8. The number of ketones is 2. The third kappa shape index (κ3) is 2.40. The first-order chi connectivity index (χ1) is 12.5. The zero-order valence-corrected chi connectivity index (χ0v) is 18.3. The maximum Gasteiger partial charge on any atom is 0.175 e. The Kier molecular flexibility index (Phi) is 4.54. The number of halogens is 1. The van der Waals surface area contributed by atoms with Gasteiger partial charge in [0.15, 0.2) is 5.78 Å². The number of alkyl halides is 1. The van der Waals surface area contributed by atoms with Crippen LogP contribution < -0.4 is 0 Å². The minimum absolute atomic E-state index is 0.00301. The van der Waals surface area contributed by atoms with E-state index < -0.39 is 11.0 Å². The fraction of sp³-hybridized carbons (Fsp3) is 0.909. The SMILES string of the molecule is CC12CCC(O)C[C@@]1(C)CCC1C2C(=O)CC2(C)C1CC[C@]2(O)C(=O)CBr. The average molecular weight is 441 g/mol. The molecule has 0 spiro atoms. The van der Waals surface area contributed by atoms with Crippen molar-refractivity contribution in [1.29, 1.82) is 0 Å². The Balaban J connectivity index is 1.73. The van der Waals surface area contributed by atoms with Crippen molar-refractivity contribution >= 4 is 27.5 Å². The quantitative estimate of drug-likeness (QED) is 0.642. The molecule has 0 radical (unpaired) electrons. The summed E-state index contributed by atoms with van der Waals surface area (Å²) in [5.41, 5.74) is -2.12. The molecular formula is C22H33BrO4. The van der Waals surface area contributed by atoms with Crippen molar-refractivity contribution in [3.63, 3.8) is 0 Å². The molecule has 2 N–H and O–H groups in total. The van der Waals surface area contributed by atoms with E-state index in [-0.39, 0.29) is 51.6 Å². The first-order valence-corrected chi connectivity index (χ1v) is 11.7. The Morgan fingerprint density at radius 2 is 1.81 bits per heavy atom. The molecule has 8 atom stereocenters. The highest BCUT2D eigenvalue weighted by atomic mass is 79.9. The molecule has 5 heteroatoms. The van der Waals surface area contributed by atoms with Crippen molar-refractivity contribution in [2.45, 2.75) is 83.8 Å². The van der Waals surface area contributed by atoms with Crippen LogP contribution in [-0.2, 0) is 9.59 Å². The van der Waals surface area contributed by atoms with Crippen LogP contribution in [0.25, 0.3) is 0 Å². The Morgan fingerprint density at radius 3 is 2.48 bits per heavy atom. The monoisotopic (exact) mass is 440 g/mol. The van der Waals surface area contributed by atoms with E-state index in [1.807, 2.05) is 6.92 Å². The summed E-state index contributed by atoms with van der Waals surface area (Å²) < 4.78 is 0. The highest BCUT2D eigenvalue weighted by Gasteiger charge is 2.70. The fourth-order valence-electron chi connectivity index (χ4n) is 7.97. The average Bonchev–Trinajstić information content (AvgIpc) is 2.87. The Morgan fingerprint density at radius 1 is 1.11 bits per heavy atom. The fourth-order valence-corrected chi connectivity index (χ4v) is 8.44. The van der Waals surface area contributed by atoms with Crippen molar-refractivity contribution in [1.82, 2.24) is 0 Å². The molecule has 152 valence electrons. The van der Waals surface area contributed by atoms with Crippen molar-refractivity contribution < 1.29 is 19.8 Å². The van der Waals surface area contributed by atoms with Crippen LogP contribution >= 0.6 is 15.9 Å². The second kappa shape index (κ2) is 6.12. The molecule has 0 aliphatic heterocycles. The molecule has 4 aliphatic rings. The van der Waals surface area contributed by atoms with Crippen LogP contribution in [0.3, 0.4) is 0 Å². The molecule has 4 saturated carbocycles. The van der Waals surface area contributed by atoms with Gasteiger partial charge in [0.1, 0.15) is 11.4 Å². The van der Waals surface area contributed by atoms with E-state index in [4.69, 9.17) is 0 Å². The minimum Gasteiger partial charge on any atom is -0.393 e. The van der Waals surface area contributed by atoms with Crippen molar-refractivity contribution in [2.75, 3.05) is 5.33 Å². The van der Waals surface area contributed by atoms with Crippen LogP contribution in [-0.4, -0.2) is 38.8 Å². The Labute approximate surface area is 170 Å². The van der Waals surface area contributed by atoms with Gasteiger partial charge in [-0.2, -0.15) is 0 Å². The first kappa shape index (κ1) is 20.0. The van der Waals surface area contributed by atoms with Gasteiger partial charge in [0.25, 0.3) is 0 Å². The lowest BCUT2D eigenvalue weighted by atomic mass is 9.40. The van der Waals surface area contributed by atoms with Gasteiger partial charge in [0.05, 0.1) is 11.4 Å². The van der Waals surface area contributed by atoms with Gasteiger partial charge in [-0.15, -0.1) is 0 Å². The van der Waals surface area contributed by atoms with E-state index >= 15 is 0 Å². The summed E-state index contributed by atoms with van der Waals surface area (Å²) in [7, 11) is 0. The molecule has 0 aromatic carbocycles. The highest BCUT2D eigenvalue weighted by Crippen LogP contribution is 2.70. The summed E-state index contributed by atoms with van der Waals surface area (Å²) in [6, 6.07) is 0. The van der Waals surface area contributed by atoms with E-state index in [1.165, 1.54) is 0 Å². The number of hydrogen-bond donors (Lipinski definition) is 2. The smallest absolute Gasteiger partial charge is 0.175 e. The molecule has 0 aromatic rings. The molecule has 0 bridgehead atoms. The van der Waals surface area contributed by atoms with Crippen molar-refractivity contribution in [3.8, 4) is 0 Å². The summed E-state index contributed by atoms with van der Waals surface area (Å²) in [6.07, 6.45) is 5.80. The number of carbonyl (C=O) groups excluding carboxylic acids is 2. The van der Waals surface area contributed by atoms with Gasteiger partial charge in [0.2, 0.25) is 0 Å². The number of aliphatic hydroxyl groups excluding tert-OH is 1. The van der Waals surface area contributed by atoms with E-state index in [0.717, 1.165) is 38.5 Å². The summed E-state index contributed by atoms with van der Waals surface area (Å²) in [5, 5.41) is 21.8. The van der Waals surface area contributed by atoms with Crippen LogP contribution in [0, 0.1) is 34.0 Å². The molecule has 4 rings (SSSR count). The second-order valence-electron chi connectivity index (χ2n) is 10.7. The molecule has 4 aliphatic carbocycles. The largest absolute Gasteiger partial charge is 0.393 e. The lowest BCUT2D eigenvalue weighted by Gasteiger charge is -2.64. The van der Waals surface area contributed by atoms with Gasteiger partial charge >= 0.3 is 0 Å². The predicted molar refractivity (Wildman–Crippen MR) is 106 cm³/mol. The van der Waals surface area contributed by atoms with Gasteiger partial charge in [-0.05, 0) is 67.6 Å². The third-order valence-corrected chi connectivity index (χ3v) is 10.3. The van der Waals surface area contributed by atoms with Crippen LogP contribution in [0.1, 0.15) is 72.1 Å². The summed E-state index contributed by atoms with van der Waals surface area (Å²) in [6.45, 7) is 6.53. The van der Waals surface area contributed by atoms with E-state index in [1.54, 1.807) is 0 Å². The van der Waals surface area contributed by atoms with Crippen LogP contribution in [0.4, 0.5) is 0 Å². The summed E-state index contributed by atoms with van der Waals surface area (Å²) in [4.78, 5) is 26.2. The number of rotatable bonds is 2. The summed E-state index contributed by atoms with van der Waals surface area (Å²) in [5.74, 6) is 0.545. The number of hydrogen-bond acceptors (Lipinski definition) is 4. The number of carbonyl (C=O) groups is 2. The van der Waals surface area contributed by atoms with Crippen molar-refractivity contribution in [3.05, 3.63) is 0 Å². The van der Waals surface area contributed by atoms with Crippen LogP contribution in [0.2, 0.25) is 0 Å². The van der Waals surface area contributed by atoms with Gasteiger partial charge in [-0.3, -0.25) is 9.59 Å². The van der Waals surface area contributed by atoms with Gasteiger partial charge in [-0.25, -0.2) is 0 Å². The maximum absolute atomic E-state index is 13.6. The molecule has 4 fully saturated rings. The highest BCUT2D eigenvalue weighted by molar-refractivity contribution is 9.09. The lowest BCUT2D eigenvalue weighted by Crippen LogP contribution is -2.64. The molecule has 4 nitrogen and oxygen atoms in total. The Hall–Kier alpha value is -0.260. The standard InChI is InChI=1S/C22H33BrO4/c1-19-7-5-14-15-6-9-22(27,17(26)12-23)21(15,3)11-16(25)18(14)20(19,2)8-4-13(24)10-19/h13-15,18,24,27H,4-12H2,1-3H3/t13?,14?,15?,18?,19-,20?,21?,22+/m1/s1. The van der Waals surface area contributed by atoms with Crippen LogP contribution in [0.15, 0.2) is 0 Å². The molecule has 6 unspecified atom stereocenters. The number of aliphatic hydroxyl groups is 2. The minimum atomic E-state index is -1.38. The number of Topliss-reactive ketones (excluding diaryl/α,β-unsaturated/α-hetero) is 2. The first-order valence-electron chi connectivity index (χ1n) is 10.5. The predicted octanol–water partition coefficient (Wildman–Crippen LogP) is 3.65. The summed E-state index contributed by atoms with van der Waals surface area (Å²) >= 11 is 3.23.